The zero-order chi connectivity index (χ0) is 21.4. The summed E-state index contributed by atoms with van der Waals surface area (Å²) in [6.07, 6.45) is -1.31. The van der Waals surface area contributed by atoms with Crippen LogP contribution in [0.25, 0.3) is 0 Å². The molecule has 1 aliphatic heterocycles. The Kier molecular flexibility index (Phi) is 9.00. The van der Waals surface area contributed by atoms with Crippen molar-refractivity contribution in [1.82, 2.24) is 4.90 Å². The minimum Gasteiger partial charge on any atom is -0.449 e. The molecule has 0 aliphatic carbocycles. The van der Waals surface area contributed by atoms with Gasteiger partial charge >= 0.3 is 64.5 Å². The van der Waals surface area contributed by atoms with Crippen LogP contribution in [-0.2, 0) is 11.1 Å². The number of carbonyl (C=O) groups excluding carboxylic acids is 1. The molecule has 1 amide bonds. The number of benzene rings is 1. The van der Waals surface area contributed by atoms with Crippen LogP contribution < -0.4 is 62.0 Å². The number of nitrogens with two attached hydrogens (primary N) is 1. The molecular formula is C19H30BF3KN3O2. The molecule has 0 saturated carbocycles. The number of nitrogen functional groups attached to an aromatic ring is 1. The van der Waals surface area contributed by atoms with Crippen molar-refractivity contribution >= 4 is 24.4 Å². The van der Waals surface area contributed by atoms with Crippen LogP contribution in [0, 0.1) is 20.8 Å². The third-order valence-corrected chi connectivity index (χ3v) is 5.11. The van der Waals surface area contributed by atoms with Crippen LogP contribution in [0.5, 0.6) is 0 Å². The number of hydrogen-bond acceptors (Lipinski definition) is 4. The zero-order valence-electron chi connectivity index (χ0n) is 18.5. The summed E-state index contributed by atoms with van der Waals surface area (Å²) in [5.41, 5.74) is 8.92. The Hall–Kier alpha value is -0.419. The van der Waals surface area contributed by atoms with Crippen molar-refractivity contribution in [3.63, 3.8) is 0 Å². The van der Waals surface area contributed by atoms with Crippen molar-refractivity contribution in [2.45, 2.75) is 53.5 Å². The summed E-state index contributed by atoms with van der Waals surface area (Å²) in [5.74, 6) is 0. The van der Waals surface area contributed by atoms with E-state index in [0.717, 1.165) is 11.3 Å². The zero-order valence-corrected chi connectivity index (χ0v) is 21.7. The molecule has 1 aromatic carbocycles. The van der Waals surface area contributed by atoms with E-state index in [1.54, 1.807) is 18.7 Å². The number of hydrogen-bond donors (Lipinski definition) is 1. The van der Waals surface area contributed by atoms with Crippen LogP contribution in [0.1, 0.15) is 43.0 Å². The number of nitrogens with zero attached hydrogens (tertiary/aromatic N) is 2. The average Bonchev–Trinajstić information content (AvgIpc) is 2.55. The van der Waals surface area contributed by atoms with Crippen LogP contribution in [-0.4, -0.2) is 49.8 Å². The van der Waals surface area contributed by atoms with Crippen molar-refractivity contribution < 1.29 is 73.9 Å². The minimum absolute atomic E-state index is 0. The van der Waals surface area contributed by atoms with Crippen LogP contribution in [0.15, 0.2) is 0 Å². The third-order valence-electron chi connectivity index (χ3n) is 5.11. The summed E-state index contributed by atoms with van der Waals surface area (Å²) in [5, 5.41) is 0. The Labute approximate surface area is 214 Å². The Balaban J connectivity index is 0.00000420. The van der Waals surface area contributed by atoms with Gasteiger partial charge in [-0.25, -0.2) is 4.79 Å². The van der Waals surface area contributed by atoms with Gasteiger partial charge in [0, 0.05) is 37.6 Å². The Morgan fingerprint density at radius 3 is 2.00 bits per heavy atom. The van der Waals surface area contributed by atoms with Crippen molar-refractivity contribution in [1.29, 1.82) is 0 Å². The molecule has 0 aromatic heterocycles. The SMILES string of the molecule is Cc1c(N)c(C)c(N2CCN(C(=O)OC(C)(C)C)CC2)c(C)c1C[B-](F)(F)F.[K+]. The molecule has 1 heterocycles. The van der Waals surface area contributed by atoms with Gasteiger partial charge in [0.15, 0.2) is 0 Å². The van der Waals surface area contributed by atoms with Crippen molar-refractivity contribution in [3.8, 4) is 0 Å². The smallest absolute Gasteiger partial charge is 0.449 e. The average molecular weight is 439 g/mol. The summed E-state index contributed by atoms with van der Waals surface area (Å²) in [4.78, 5) is 15.9. The van der Waals surface area contributed by atoms with E-state index >= 15 is 0 Å². The fourth-order valence-corrected chi connectivity index (χ4v) is 3.73. The molecule has 0 atom stereocenters. The van der Waals surface area contributed by atoms with Crippen LogP contribution in [0.4, 0.5) is 29.1 Å². The van der Waals surface area contributed by atoms with Gasteiger partial charge in [-0.2, -0.15) is 0 Å². The van der Waals surface area contributed by atoms with E-state index in [-0.39, 0.29) is 63.0 Å². The van der Waals surface area contributed by atoms with Crippen LogP contribution in [0.2, 0.25) is 0 Å². The summed E-state index contributed by atoms with van der Waals surface area (Å²) >= 11 is 0. The molecule has 10 heteroatoms. The largest absolute Gasteiger partial charge is 1.00 e. The van der Waals surface area contributed by atoms with Gasteiger partial charge in [-0.15, -0.1) is 0 Å². The van der Waals surface area contributed by atoms with Gasteiger partial charge in [0.25, 0.3) is 0 Å². The normalized spacial score (nSPS) is 15.2. The first-order chi connectivity index (χ1) is 12.7. The molecule has 0 bridgehead atoms. The summed E-state index contributed by atoms with van der Waals surface area (Å²) in [6, 6.07) is 0. The molecule has 1 aromatic rings. The van der Waals surface area contributed by atoms with E-state index in [2.05, 4.69) is 0 Å². The van der Waals surface area contributed by atoms with E-state index in [0.29, 0.717) is 43.0 Å². The molecule has 1 saturated heterocycles. The number of rotatable bonds is 3. The van der Waals surface area contributed by atoms with E-state index in [1.165, 1.54) is 0 Å². The third kappa shape index (κ3) is 6.78. The van der Waals surface area contributed by atoms with Gasteiger partial charge < -0.3 is 33.2 Å². The first-order valence-electron chi connectivity index (χ1n) is 9.53. The van der Waals surface area contributed by atoms with Crippen LogP contribution in [0.3, 0.4) is 0 Å². The topological polar surface area (TPSA) is 58.8 Å². The fraction of sp³-hybridized carbons (Fsp3) is 0.632. The standard InChI is InChI=1S/C19H30BF3N3O2.K/c1-12-15(11-20(21,22)23)13(2)17(14(3)16(12)24)25-7-9-26(10-8-25)18(27)28-19(4,5)6;/h7-11,24H2,1-6H3;/q-1;+1. The van der Waals surface area contributed by atoms with Crippen molar-refractivity contribution in [2.24, 2.45) is 0 Å². The van der Waals surface area contributed by atoms with Gasteiger partial charge in [0.1, 0.15) is 5.60 Å². The molecule has 0 radical (unpaired) electrons. The summed E-state index contributed by atoms with van der Waals surface area (Å²) < 4.78 is 44.8. The predicted molar refractivity (Wildman–Crippen MR) is 108 cm³/mol. The molecule has 0 spiro atoms. The van der Waals surface area contributed by atoms with Gasteiger partial charge in [0.2, 0.25) is 0 Å². The number of halogens is 3. The Bertz CT molecular complexity index is 759. The molecule has 1 fully saturated rings. The molecule has 0 unspecified atom stereocenters. The number of piperazine rings is 1. The van der Waals surface area contributed by atoms with Crippen LogP contribution >= 0.6 is 0 Å². The minimum atomic E-state index is -4.96. The Morgan fingerprint density at radius 1 is 1.03 bits per heavy atom. The van der Waals surface area contributed by atoms with E-state index in [1.807, 2.05) is 32.6 Å². The number of amides is 1. The molecule has 1 aliphatic rings. The monoisotopic (exact) mass is 439 g/mol. The number of anilines is 2. The van der Waals surface area contributed by atoms with Crippen molar-refractivity contribution in [3.05, 3.63) is 22.3 Å². The molecule has 2 N–H and O–H groups in total. The Morgan fingerprint density at radius 2 is 1.55 bits per heavy atom. The van der Waals surface area contributed by atoms with Gasteiger partial charge in [0.05, 0.1) is 0 Å². The van der Waals surface area contributed by atoms with Crippen molar-refractivity contribution in [2.75, 3.05) is 36.8 Å². The maximum atomic E-state index is 13.1. The quantitative estimate of drug-likeness (QED) is 0.568. The van der Waals surface area contributed by atoms with Gasteiger partial charge in [-0.05, 0) is 58.2 Å². The molecule has 5 nitrogen and oxygen atoms in total. The van der Waals surface area contributed by atoms with Gasteiger partial charge in [-0.3, -0.25) is 0 Å². The molecule has 2 rings (SSSR count). The molecular weight excluding hydrogens is 409 g/mol. The first kappa shape index (κ1) is 26.6. The number of ether oxygens (including phenoxy) is 1. The van der Waals surface area contributed by atoms with E-state index in [4.69, 9.17) is 10.5 Å². The fourth-order valence-electron chi connectivity index (χ4n) is 3.73. The number of carbonyl (C=O) groups is 1. The summed E-state index contributed by atoms with van der Waals surface area (Å²) in [6.45, 7) is 7.61. The maximum Gasteiger partial charge on any atom is 1.00 e. The first-order valence-corrected chi connectivity index (χ1v) is 9.53. The van der Waals surface area contributed by atoms with E-state index in [9.17, 15) is 17.7 Å². The maximum absolute atomic E-state index is 13.1. The second-order valence-corrected chi connectivity index (χ2v) is 8.48. The second-order valence-electron chi connectivity index (χ2n) is 8.48. The van der Waals surface area contributed by atoms with E-state index < -0.39 is 18.9 Å². The second kappa shape index (κ2) is 9.81. The molecule has 29 heavy (non-hydrogen) atoms. The van der Waals surface area contributed by atoms with Gasteiger partial charge in [-0.1, -0.05) is 11.9 Å². The predicted octanol–water partition coefficient (Wildman–Crippen LogP) is 1.18. The summed E-state index contributed by atoms with van der Waals surface area (Å²) in [7, 11) is 0. The molecule has 158 valence electrons.